The topological polar surface area (TPSA) is 18.5 Å². The number of rotatable bonds is 4. The first-order valence-corrected chi connectivity index (χ1v) is 7.41. The highest BCUT2D eigenvalue weighted by molar-refractivity contribution is 9.09. The Morgan fingerprint density at radius 3 is 2.25 bits per heavy atom. The number of alkyl halides is 1. The molecule has 0 aliphatic rings. The molecule has 2 aromatic rings. The van der Waals surface area contributed by atoms with E-state index in [0.29, 0.717) is 0 Å². The van der Waals surface area contributed by atoms with Gasteiger partial charge in [-0.3, -0.25) is 0 Å². The molecule has 0 fully saturated rings. The number of methoxy groups -OCH3 is 2. The predicted molar refractivity (Wildman–Crippen MR) is 86.2 cm³/mol. The number of hydrogen-bond donors (Lipinski definition) is 0. The van der Waals surface area contributed by atoms with Gasteiger partial charge in [0.05, 0.1) is 19.0 Å². The summed E-state index contributed by atoms with van der Waals surface area (Å²) in [4.78, 5) is 0.142. The molecular weight excluding hydrogens is 316 g/mol. The number of halogens is 1. The maximum atomic E-state index is 5.40. The van der Waals surface area contributed by atoms with Crippen LogP contribution < -0.4 is 9.47 Å². The van der Waals surface area contributed by atoms with Gasteiger partial charge in [-0.25, -0.2) is 0 Å². The Labute approximate surface area is 128 Å². The summed E-state index contributed by atoms with van der Waals surface area (Å²) in [6.07, 6.45) is 0. The summed E-state index contributed by atoms with van der Waals surface area (Å²) >= 11 is 3.78. The van der Waals surface area contributed by atoms with E-state index in [1.165, 1.54) is 16.7 Å². The average molecular weight is 335 g/mol. The number of aryl methyl sites for hydroxylation is 2. The van der Waals surface area contributed by atoms with Gasteiger partial charge in [0.2, 0.25) is 0 Å². The fraction of sp³-hybridized carbons (Fsp3) is 0.294. The lowest BCUT2D eigenvalue weighted by molar-refractivity contribution is 0.411. The van der Waals surface area contributed by atoms with Gasteiger partial charge in [-0.05, 0) is 54.3 Å². The van der Waals surface area contributed by atoms with Gasteiger partial charge < -0.3 is 9.47 Å². The molecule has 0 saturated heterocycles. The predicted octanol–water partition coefficient (Wildman–Crippen LogP) is 4.80. The van der Waals surface area contributed by atoms with Crippen molar-refractivity contribution in [3.8, 4) is 11.5 Å². The third-order valence-electron chi connectivity index (χ3n) is 3.47. The van der Waals surface area contributed by atoms with Crippen LogP contribution in [0.15, 0.2) is 36.4 Å². The van der Waals surface area contributed by atoms with Crippen LogP contribution in [0, 0.1) is 13.8 Å². The third kappa shape index (κ3) is 2.98. The standard InChI is InChI=1S/C17H19BrO2/c1-11-5-6-13(10-16(11)20-4)17(18)15-8-7-14(19-3)9-12(15)2/h5-10,17H,1-4H3. The number of hydrogen-bond acceptors (Lipinski definition) is 2. The number of ether oxygens (including phenoxy) is 2. The van der Waals surface area contributed by atoms with Crippen molar-refractivity contribution in [1.29, 1.82) is 0 Å². The Morgan fingerprint density at radius 2 is 1.65 bits per heavy atom. The van der Waals surface area contributed by atoms with Crippen LogP contribution >= 0.6 is 15.9 Å². The van der Waals surface area contributed by atoms with Crippen LogP contribution in [0.2, 0.25) is 0 Å². The molecule has 0 aliphatic heterocycles. The van der Waals surface area contributed by atoms with Crippen molar-refractivity contribution in [3.63, 3.8) is 0 Å². The maximum Gasteiger partial charge on any atom is 0.122 e. The van der Waals surface area contributed by atoms with E-state index in [-0.39, 0.29) is 4.83 Å². The highest BCUT2D eigenvalue weighted by Crippen LogP contribution is 2.36. The van der Waals surface area contributed by atoms with Gasteiger partial charge in [0.1, 0.15) is 11.5 Å². The zero-order valence-corrected chi connectivity index (χ0v) is 13.8. The molecule has 0 N–H and O–H groups in total. The first-order chi connectivity index (χ1) is 9.56. The molecule has 106 valence electrons. The highest BCUT2D eigenvalue weighted by Gasteiger charge is 2.14. The van der Waals surface area contributed by atoms with E-state index in [1.54, 1.807) is 14.2 Å². The van der Waals surface area contributed by atoms with Crippen LogP contribution in [-0.4, -0.2) is 14.2 Å². The van der Waals surface area contributed by atoms with Crippen molar-refractivity contribution < 1.29 is 9.47 Å². The van der Waals surface area contributed by atoms with Crippen LogP contribution in [-0.2, 0) is 0 Å². The molecule has 0 spiro atoms. The molecule has 0 radical (unpaired) electrons. The zero-order valence-electron chi connectivity index (χ0n) is 12.2. The van der Waals surface area contributed by atoms with Gasteiger partial charge in [-0.1, -0.05) is 34.1 Å². The molecular formula is C17H19BrO2. The average Bonchev–Trinajstić information content (AvgIpc) is 2.47. The summed E-state index contributed by atoms with van der Waals surface area (Å²) in [7, 11) is 3.39. The minimum absolute atomic E-state index is 0.142. The fourth-order valence-electron chi connectivity index (χ4n) is 2.23. The van der Waals surface area contributed by atoms with Crippen LogP contribution in [0.1, 0.15) is 27.1 Å². The molecule has 2 nitrogen and oxygen atoms in total. The molecule has 0 aliphatic carbocycles. The van der Waals surface area contributed by atoms with E-state index in [0.717, 1.165) is 17.1 Å². The molecule has 0 amide bonds. The maximum absolute atomic E-state index is 5.40. The fourth-order valence-corrected chi connectivity index (χ4v) is 3.03. The van der Waals surface area contributed by atoms with Crippen LogP contribution in [0.4, 0.5) is 0 Å². The van der Waals surface area contributed by atoms with E-state index in [4.69, 9.17) is 9.47 Å². The minimum atomic E-state index is 0.142. The minimum Gasteiger partial charge on any atom is -0.497 e. The lowest BCUT2D eigenvalue weighted by atomic mass is 9.99. The van der Waals surface area contributed by atoms with Crippen molar-refractivity contribution in [2.24, 2.45) is 0 Å². The molecule has 0 heterocycles. The molecule has 0 aromatic heterocycles. The molecule has 2 rings (SSSR count). The van der Waals surface area contributed by atoms with Gasteiger partial charge in [-0.15, -0.1) is 0 Å². The highest BCUT2D eigenvalue weighted by atomic mass is 79.9. The lowest BCUT2D eigenvalue weighted by Gasteiger charge is -2.16. The number of benzene rings is 2. The second kappa shape index (κ2) is 6.31. The van der Waals surface area contributed by atoms with Crippen LogP contribution in [0.3, 0.4) is 0 Å². The van der Waals surface area contributed by atoms with Gasteiger partial charge in [0, 0.05) is 0 Å². The normalized spacial score (nSPS) is 12.1. The molecule has 3 heteroatoms. The molecule has 20 heavy (non-hydrogen) atoms. The Hall–Kier alpha value is -1.48. The summed E-state index contributed by atoms with van der Waals surface area (Å²) in [5, 5.41) is 0. The van der Waals surface area contributed by atoms with Crippen LogP contribution in [0.5, 0.6) is 11.5 Å². The summed E-state index contributed by atoms with van der Waals surface area (Å²) in [6, 6.07) is 12.4. The SMILES string of the molecule is COc1ccc(C(Br)c2ccc(C)c(OC)c2)c(C)c1. The molecule has 1 atom stereocenters. The monoisotopic (exact) mass is 334 g/mol. The summed E-state index contributed by atoms with van der Waals surface area (Å²) < 4.78 is 10.6. The van der Waals surface area contributed by atoms with E-state index >= 15 is 0 Å². The smallest absolute Gasteiger partial charge is 0.122 e. The van der Waals surface area contributed by atoms with E-state index in [9.17, 15) is 0 Å². The van der Waals surface area contributed by atoms with Gasteiger partial charge >= 0.3 is 0 Å². The zero-order chi connectivity index (χ0) is 14.7. The van der Waals surface area contributed by atoms with E-state index in [1.807, 2.05) is 13.0 Å². The Kier molecular flexibility index (Phi) is 4.71. The third-order valence-corrected chi connectivity index (χ3v) is 4.50. The Morgan fingerprint density at radius 1 is 0.900 bits per heavy atom. The Bertz CT molecular complexity index is 608. The van der Waals surface area contributed by atoms with Crippen molar-refractivity contribution in [2.45, 2.75) is 18.7 Å². The summed E-state index contributed by atoms with van der Waals surface area (Å²) in [6.45, 7) is 4.14. The van der Waals surface area contributed by atoms with Crippen molar-refractivity contribution in [3.05, 3.63) is 58.7 Å². The van der Waals surface area contributed by atoms with Gasteiger partial charge in [-0.2, -0.15) is 0 Å². The second-order valence-electron chi connectivity index (χ2n) is 4.81. The first kappa shape index (κ1) is 14.9. The van der Waals surface area contributed by atoms with Gasteiger partial charge in [0.25, 0.3) is 0 Å². The van der Waals surface area contributed by atoms with Crippen molar-refractivity contribution in [2.75, 3.05) is 14.2 Å². The second-order valence-corrected chi connectivity index (χ2v) is 5.73. The van der Waals surface area contributed by atoms with Crippen molar-refractivity contribution in [1.82, 2.24) is 0 Å². The van der Waals surface area contributed by atoms with E-state index < -0.39 is 0 Å². The Balaban J connectivity index is 2.38. The molecule has 0 saturated carbocycles. The summed E-state index contributed by atoms with van der Waals surface area (Å²) in [5.41, 5.74) is 4.76. The lowest BCUT2D eigenvalue weighted by Crippen LogP contribution is -1.98. The largest absolute Gasteiger partial charge is 0.497 e. The molecule has 1 unspecified atom stereocenters. The first-order valence-electron chi connectivity index (χ1n) is 6.50. The van der Waals surface area contributed by atoms with Gasteiger partial charge in [0.15, 0.2) is 0 Å². The summed E-state index contributed by atoms with van der Waals surface area (Å²) in [5.74, 6) is 1.80. The van der Waals surface area contributed by atoms with Crippen LogP contribution in [0.25, 0.3) is 0 Å². The van der Waals surface area contributed by atoms with E-state index in [2.05, 4.69) is 53.2 Å². The molecule has 0 bridgehead atoms. The quantitative estimate of drug-likeness (QED) is 0.747. The molecule has 2 aromatic carbocycles. The van der Waals surface area contributed by atoms with Crippen molar-refractivity contribution >= 4 is 15.9 Å².